The Bertz CT molecular complexity index is 4690. The van der Waals surface area contributed by atoms with E-state index in [2.05, 4.69) is 189 Å². The van der Waals surface area contributed by atoms with Gasteiger partial charge >= 0.3 is 0 Å². The molecule has 12 nitrogen and oxygen atoms in total. The Labute approximate surface area is 663 Å². The minimum absolute atomic E-state index is 0.209. The van der Waals surface area contributed by atoms with Crippen LogP contribution in [0, 0.1) is 0 Å². The molecule has 0 bridgehead atoms. The fourth-order valence-corrected chi connectivity index (χ4v) is 16.5. The molecule has 12 aromatic rings. The minimum atomic E-state index is -3.00. The van der Waals surface area contributed by atoms with Gasteiger partial charge in [-0.25, -0.2) is 0 Å². The van der Waals surface area contributed by atoms with Gasteiger partial charge in [0, 0.05) is 47.2 Å². The first-order chi connectivity index (χ1) is 54.3. The Morgan fingerprint density at radius 2 is 0.491 bits per heavy atom. The summed E-state index contributed by atoms with van der Waals surface area (Å²) in [6.45, 7) is 25.2. The third-order valence-electron chi connectivity index (χ3n) is 22.0. The van der Waals surface area contributed by atoms with Crippen molar-refractivity contribution < 1.29 is 56.2 Å². The van der Waals surface area contributed by atoms with Crippen molar-refractivity contribution in [2.75, 3.05) is 0 Å². The maximum absolute atomic E-state index is 8.51. The summed E-state index contributed by atoms with van der Waals surface area (Å²) in [6.07, 6.45) is -3.45. The Morgan fingerprint density at radius 1 is 0.259 bits per heavy atom. The van der Waals surface area contributed by atoms with Crippen molar-refractivity contribution in [3.63, 3.8) is 0 Å². The third kappa shape index (κ3) is 19.1. The molecular weight excluding hydrogens is 1430 g/mol. The second-order valence-corrected chi connectivity index (χ2v) is 41.6. The summed E-state index contributed by atoms with van der Waals surface area (Å²) in [5, 5.41) is -0.683. The predicted octanol–water partition coefficient (Wildman–Crippen LogP) is 24.2. The van der Waals surface area contributed by atoms with E-state index in [1.54, 1.807) is 0 Å². The molecule has 112 heavy (non-hydrogen) atoms. The van der Waals surface area contributed by atoms with E-state index in [0.29, 0.717) is 70.7 Å². The standard InChI is InChI=1S/C98H102O12Si2/c1-97(2,3)111(7,8)109-95-91(89-85(105-67-75-47-31-17-32-48-75)57-79(99-61-69-35-19-11-20-36-69)59-87(89)107-93(95)77-51-53-81(101-63-71-39-23-13-24-40-71)83(55-77)103-65-73-43-27-15-28-44-73)92-90-86(106-68-76-49-33-18-34-50-76)58-80(100-62-70-37-21-12-22-38-70)60-88(90)108-94(96(92)110-112(9,10)98(4,5)6)78-52-54-82(102-64-72-41-25-14-26-42-72)84(56-78)104-66-74-45-29-16-30-46-74/h11-60,91-96H,61-68H2,1-10H3/t91-,92+,93-,94-,95+,96+/m1/s1. The lowest BCUT2D eigenvalue weighted by molar-refractivity contribution is -0.0451. The average molecular weight is 1530 g/mol. The minimum Gasteiger partial charge on any atom is -0.489 e. The maximum Gasteiger partial charge on any atom is 0.192 e. The summed E-state index contributed by atoms with van der Waals surface area (Å²) in [7, 11) is -6.01. The molecule has 0 radical (unpaired) electrons. The van der Waals surface area contributed by atoms with Crippen LogP contribution in [0.5, 0.6) is 57.5 Å². The van der Waals surface area contributed by atoms with Crippen LogP contribution in [0.4, 0.5) is 0 Å². The lowest BCUT2D eigenvalue weighted by Crippen LogP contribution is -2.54. The highest BCUT2D eigenvalue weighted by atomic mass is 28.4. The molecule has 0 fully saturated rings. The highest BCUT2D eigenvalue weighted by Gasteiger charge is 2.58. The number of benzene rings is 12. The van der Waals surface area contributed by atoms with Crippen molar-refractivity contribution in [3.05, 3.63) is 370 Å². The fourth-order valence-electron chi connectivity index (χ4n) is 13.9. The molecule has 14 rings (SSSR count). The van der Waals surface area contributed by atoms with E-state index in [-0.39, 0.29) is 49.7 Å². The first-order valence-corrected chi connectivity index (χ1v) is 44.7. The summed E-state index contributed by atoms with van der Waals surface area (Å²) in [5.74, 6) is 4.00. The Morgan fingerprint density at radius 3 is 0.741 bits per heavy atom. The van der Waals surface area contributed by atoms with Gasteiger partial charge in [0.05, 0.1) is 12.2 Å². The SMILES string of the molecule is CC(C)(C)[Si](C)(C)O[C@H]1[C@H]([C@H]2c3c(OCc4ccccc4)cc(OCc4ccccc4)cc3O[C@H](c3ccc(OCc4ccccc4)c(OCc4ccccc4)c3)[C@H]2O[Si](C)(C)C(C)(C)C)c2c(OCc3ccccc3)cc(OCc3ccccc3)cc2O[C@@H]1c1ccc(OCc2ccccc2)c(OCc2ccccc2)c1. The van der Waals surface area contributed by atoms with E-state index in [9.17, 15) is 0 Å². The zero-order valence-corrected chi connectivity index (χ0v) is 67.9. The molecular formula is C98H102O12Si2. The Kier molecular flexibility index (Phi) is 24.4. The normalized spacial score (nSPS) is 16.8. The van der Waals surface area contributed by atoms with Crippen molar-refractivity contribution in [2.45, 2.75) is 167 Å². The van der Waals surface area contributed by atoms with E-state index in [1.807, 2.05) is 182 Å². The number of hydrogen-bond donors (Lipinski definition) is 0. The largest absolute Gasteiger partial charge is 0.489 e. The summed E-state index contributed by atoms with van der Waals surface area (Å²) in [6, 6.07) is 102. The summed E-state index contributed by atoms with van der Waals surface area (Å²) in [4.78, 5) is 0. The van der Waals surface area contributed by atoms with Crippen LogP contribution in [0.25, 0.3) is 0 Å². The molecule has 0 N–H and O–H groups in total. The van der Waals surface area contributed by atoms with Crippen LogP contribution in [0.2, 0.25) is 36.3 Å². The van der Waals surface area contributed by atoms with Gasteiger partial charge in [-0.15, -0.1) is 0 Å². The van der Waals surface area contributed by atoms with E-state index in [4.69, 9.17) is 56.2 Å². The highest BCUT2D eigenvalue weighted by molar-refractivity contribution is 6.74. The average Bonchev–Trinajstić information content (AvgIpc) is 0.709. The fraction of sp³-hybridized carbons (Fsp3) is 0.265. The first-order valence-electron chi connectivity index (χ1n) is 38.9. The van der Waals surface area contributed by atoms with Crippen LogP contribution in [-0.4, -0.2) is 28.8 Å². The van der Waals surface area contributed by atoms with E-state index in [0.717, 1.165) is 66.8 Å². The van der Waals surface area contributed by atoms with Crippen molar-refractivity contribution in [2.24, 2.45) is 0 Å². The molecule has 0 unspecified atom stereocenters. The van der Waals surface area contributed by atoms with Crippen LogP contribution >= 0.6 is 0 Å². The molecule has 0 saturated heterocycles. The van der Waals surface area contributed by atoms with Crippen LogP contribution in [0.1, 0.15) is 132 Å². The van der Waals surface area contributed by atoms with Crippen LogP contribution in [-0.2, 0) is 61.7 Å². The predicted molar refractivity (Wildman–Crippen MR) is 448 cm³/mol. The smallest absolute Gasteiger partial charge is 0.192 e. The first kappa shape index (κ1) is 77.7. The molecule has 0 aromatic heterocycles. The monoisotopic (exact) mass is 1530 g/mol. The number of rotatable bonds is 31. The van der Waals surface area contributed by atoms with E-state index >= 15 is 0 Å². The van der Waals surface area contributed by atoms with Gasteiger partial charge in [0.2, 0.25) is 0 Å². The zero-order valence-electron chi connectivity index (χ0n) is 65.9. The Hall–Kier alpha value is -11.0. The maximum atomic E-state index is 8.51. The summed E-state index contributed by atoms with van der Waals surface area (Å²) >= 11 is 0. The van der Waals surface area contributed by atoms with Gasteiger partial charge < -0.3 is 56.2 Å². The van der Waals surface area contributed by atoms with Gasteiger partial charge in [-0.05, 0) is 116 Å². The van der Waals surface area contributed by atoms with Crippen molar-refractivity contribution in [3.8, 4) is 57.5 Å². The van der Waals surface area contributed by atoms with E-state index < -0.39 is 52.9 Å². The second kappa shape index (κ2) is 35.1. The highest BCUT2D eigenvalue weighted by Crippen LogP contribution is 2.64. The number of hydrogen-bond acceptors (Lipinski definition) is 12. The molecule has 0 spiro atoms. The molecule has 14 heteroatoms. The molecule has 2 heterocycles. The van der Waals surface area contributed by atoms with Crippen LogP contribution < -0.4 is 47.4 Å². The molecule has 0 saturated carbocycles. The topological polar surface area (TPSA) is 111 Å². The van der Waals surface area contributed by atoms with Crippen molar-refractivity contribution in [1.82, 2.24) is 0 Å². The van der Waals surface area contributed by atoms with Crippen molar-refractivity contribution in [1.29, 1.82) is 0 Å². The lowest BCUT2D eigenvalue weighted by atomic mass is 9.68. The third-order valence-corrected chi connectivity index (χ3v) is 31.0. The van der Waals surface area contributed by atoms with Gasteiger partial charge in [-0.3, -0.25) is 0 Å². The quantitative estimate of drug-likeness (QED) is 0.0386. The molecule has 0 aliphatic carbocycles. The van der Waals surface area contributed by atoms with Gasteiger partial charge in [-0.1, -0.05) is 296 Å². The van der Waals surface area contributed by atoms with Crippen LogP contribution in [0.15, 0.2) is 303 Å². The molecule has 2 aliphatic rings. The number of ether oxygens (including phenoxy) is 10. The molecule has 6 atom stereocenters. The summed E-state index contributed by atoms with van der Waals surface area (Å²) < 4.78 is 90.0. The van der Waals surface area contributed by atoms with Gasteiger partial charge in [0.1, 0.15) is 99.6 Å². The Balaban J connectivity index is 1.06. The molecule has 0 amide bonds. The summed E-state index contributed by atoms with van der Waals surface area (Å²) in [5.41, 5.74) is 11.1. The number of fused-ring (bicyclic) bond motifs is 2. The lowest BCUT2D eigenvalue weighted by Gasteiger charge is -2.53. The molecule has 574 valence electrons. The van der Waals surface area contributed by atoms with Gasteiger partial charge in [0.15, 0.2) is 39.6 Å². The molecule has 12 aromatic carbocycles. The van der Waals surface area contributed by atoms with Gasteiger partial charge in [0.25, 0.3) is 0 Å². The van der Waals surface area contributed by atoms with E-state index in [1.165, 1.54) is 0 Å². The zero-order chi connectivity index (χ0) is 77.7. The molecule has 2 aliphatic heterocycles. The van der Waals surface area contributed by atoms with Gasteiger partial charge in [-0.2, -0.15) is 0 Å². The second-order valence-electron chi connectivity index (χ2n) is 32.1. The van der Waals surface area contributed by atoms with Crippen molar-refractivity contribution >= 4 is 16.6 Å². The van der Waals surface area contributed by atoms with Crippen LogP contribution in [0.3, 0.4) is 0 Å².